The van der Waals surface area contributed by atoms with Crippen molar-refractivity contribution >= 4 is 10.0 Å². The lowest BCUT2D eigenvalue weighted by Crippen LogP contribution is -2.33. The fourth-order valence-electron chi connectivity index (χ4n) is 1.42. The first-order valence-corrected chi connectivity index (χ1v) is 6.79. The predicted octanol–water partition coefficient (Wildman–Crippen LogP) is 1.52. The van der Waals surface area contributed by atoms with Crippen LogP contribution in [0.1, 0.15) is 13.8 Å². The Kier molecular flexibility index (Phi) is 4.11. The second kappa shape index (κ2) is 5.01. The van der Waals surface area contributed by atoms with Gasteiger partial charge in [-0.05, 0) is 12.1 Å². The molecule has 2 N–H and O–H groups in total. The van der Waals surface area contributed by atoms with Crippen molar-refractivity contribution in [3.8, 4) is 5.75 Å². The maximum Gasteiger partial charge on any atom is 0.209 e. The van der Waals surface area contributed by atoms with Gasteiger partial charge in [-0.3, -0.25) is 0 Å². The zero-order chi connectivity index (χ0) is 13.1. The van der Waals surface area contributed by atoms with Crippen molar-refractivity contribution < 1.29 is 17.5 Å². The van der Waals surface area contributed by atoms with Crippen LogP contribution in [0.2, 0.25) is 0 Å². The molecule has 0 atom stereocenters. The fourth-order valence-corrected chi connectivity index (χ4v) is 2.59. The number of halogens is 1. The number of sulfonamides is 1. The Morgan fingerprint density at radius 2 is 1.94 bits per heavy atom. The third-order valence-electron chi connectivity index (χ3n) is 2.05. The molecule has 0 aliphatic rings. The van der Waals surface area contributed by atoms with Crippen LogP contribution >= 0.6 is 0 Å². The molecular weight excluding hydrogens is 245 g/mol. The molecule has 17 heavy (non-hydrogen) atoms. The van der Waals surface area contributed by atoms with Crippen LogP contribution in [0.3, 0.4) is 0 Å². The molecule has 0 saturated carbocycles. The second-order valence-corrected chi connectivity index (χ2v) is 6.30. The van der Waals surface area contributed by atoms with E-state index in [4.69, 9.17) is 9.88 Å². The third-order valence-corrected chi connectivity index (χ3v) is 3.23. The monoisotopic (exact) mass is 261 g/mol. The highest BCUT2D eigenvalue weighted by atomic mass is 32.2. The summed E-state index contributed by atoms with van der Waals surface area (Å²) >= 11 is 0. The average molecular weight is 261 g/mol. The molecule has 0 spiro atoms. The lowest BCUT2D eigenvalue weighted by Gasteiger charge is -2.23. The number of rotatable bonds is 5. The zero-order valence-electron chi connectivity index (χ0n) is 9.81. The van der Waals surface area contributed by atoms with Gasteiger partial charge in [0.2, 0.25) is 10.0 Å². The van der Waals surface area contributed by atoms with Gasteiger partial charge in [-0.1, -0.05) is 26.0 Å². The number of benzene rings is 1. The van der Waals surface area contributed by atoms with Crippen LogP contribution in [0.25, 0.3) is 0 Å². The van der Waals surface area contributed by atoms with Gasteiger partial charge >= 0.3 is 0 Å². The van der Waals surface area contributed by atoms with Crippen molar-refractivity contribution in [2.24, 2.45) is 10.6 Å². The molecule has 0 amide bonds. The summed E-state index contributed by atoms with van der Waals surface area (Å²) in [7, 11) is -3.57. The highest BCUT2D eigenvalue weighted by Crippen LogP contribution is 2.21. The summed E-state index contributed by atoms with van der Waals surface area (Å²) in [5, 5.41) is 4.96. The van der Waals surface area contributed by atoms with Crippen LogP contribution in [0.15, 0.2) is 24.3 Å². The Labute approximate surface area is 101 Å². The zero-order valence-corrected chi connectivity index (χ0v) is 10.6. The Morgan fingerprint density at radius 1 is 1.35 bits per heavy atom. The first-order chi connectivity index (χ1) is 7.70. The lowest BCUT2D eigenvalue weighted by atomic mass is 9.98. The Morgan fingerprint density at radius 3 is 2.47 bits per heavy atom. The highest BCUT2D eigenvalue weighted by molar-refractivity contribution is 7.89. The minimum atomic E-state index is -3.57. The maximum absolute atomic E-state index is 13.2. The van der Waals surface area contributed by atoms with Crippen LogP contribution in [-0.4, -0.2) is 20.8 Å². The number of hydrogen-bond acceptors (Lipinski definition) is 3. The van der Waals surface area contributed by atoms with Crippen molar-refractivity contribution in [2.75, 3.05) is 12.4 Å². The molecule has 0 unspecified atom stereocenters. The minimum absolute atomic E-state index is 0.0738. The summed E-state index contributed by atoms with van der Waals surface area (Å²) in [6.07, 6.45) is 0. The molecule has 0 bridgehead atoms. The van der Waals surface area contributed by atoms with E-state index in [1.807, 2.05) is 0 Å². The van der Waals surface area contributed by atoms with Crippen LogP contribution in [0.5, 0.6) is 5.75 Å². The van der Waals surface area contributed by atoms with E-state index in [0.717, 1.165) is 0 Å². The Bertz CT molecular complexity index is 485. The van der Waals surface area contributed by atoms with Gasteiger partial charge in [-0.15, -0.1) is 0 Å². The summed E-state index contributed by atoms with van der Waals surface area (Å²) in [5.74, 6) is -0.581. The summed E-state index contributed by atoms with van der Waals surface area (Å²) in [6.45, 7) is 3.46. The molecule has 1 rings (SSSR count). The van der Waals surface area contributed by atoms with Gasteiger partial charge in [0.25, 0.3) is 0 Å². The first kappa shape index (κ1) is 13.9. The molecule has 4 nitrogen and oxygen atoms in total. The summed E-state index contributed by atoms with van der Waals surface area (Å²) < 4.78 is 40.4. The van der Waals surface area contributed by atoms with Crippen molar-refractivity contribution in [3.05, 3.63) is 30.1 Å². The van der Waals surface area contributed by atoms with Gasteiger partial charge < -0.3 is 4.74 Å². The largest absolute Gasteiger partial charge is 0.490 e. The minimum Gasteiger partial charge on any atom is -0.490 e. The summed E-state index contributed by atoms with van der Waals surface area (Å²) in [4.78, 5) is 0. The molecule has 1 aromatic carbocycles. The normalized spacial score (nSPS) is 12.5. The quantitative estimate of drug-likeness (QED) is 0.873. The first-order valence-electron chi connectivity index (χ1n) is 5.07. The van der Waals surface area contributed by atoms with Crippen molar-refractivity contribution in [2.45, 2.75) is 13.8 Å². The average Bonchev–Trinajstić information content (AvgIpc) is 2.13. The van der Waals surface area contributed by atoms with E-state index >= 15 is 0 Å². The topological polar surface area (TPSA) is 69.4 Å². The van der Waals surface area contributed by atoms with Crippen LogP contribution in [-0.2, 0) is 10.0 Å². The standard InChI is InChI=1S/C11H16FNO3S/c1-11(2,8-17(13,14)15)7-16-10-6-4-3-5-9(10)12/h3-6H,7-8H2,1-2H3,(H2,13,14,15). The lowest BCUT2D eigenvalue weighted by molar-refractivity contribution is 0.193. The smallest absolute Gasteiger partial charge is 0.209 e. The SMILES string of the molecule is CC(C)(COc1ccccc1F)CS(N)(=O)=O. The third kappa shape index (κ3) is 5.14. The van der Waals surface area contributed by atoms with E-state index in [-0.39, 0.29) is 18.1 Å². The summed E-state index contributed by atoms with van der Waals surface area (Å²) in [5.41, 5.74) is -0.671. The van der Waals surface area contributed by atoms with E-state index in [1.54, 1.807) is 26.0 Å². The molecule has 0 saturated heterocycles. The predicted molar refractivity (Wildman–Crippen MR) is 63.7 cm³/mol. The number of nitrogens with two attached hydrogens (primary N) is 1. The fraction of sp³-hybridized carbons (Fsp3) is 0.455. The van der Waals surface area contributed by atoms with Crippen molar-refractivity contribution in [3.63, 3.8) is 0 Å². The molecule has 0 fully saturated rings. The van der Waals surface area contributed by atoms with Crippen LogP contribution in [0.4, 0.5) is 4.39 Å². The molecule has 1 aromatic rings. The van der Waals surface area contributed by atoms with E-state index in [9.17, 15) is 12.8 Å². The van der Waals surface area contributed by atoms with Gasteiger partial charge in [-0.2, -0.15) is 0 Å². The number of hydrogen-bond donors (Lipinski definition) is 1. The van der Waals surface area contributed by atoms with E-state index in [1.165, 1.54) is 12.1 Å². The van der Waals surface area contributed by atoms with Crippen LogP contribution < -0.4 is 9.88 Å². The molecule has 0 aliphatic carbocycles. The van der Waals surface area contributed by atoms with Gasteiger partial charge in [0.15, 0.2) is 11.6 Å². The molecular formula is C11H16FNO3S. The van der Waals surface area contributed by atoms with Crippen LogP contribution in [0, 0.1) is 11.2 Å². The van der Waals surface area contributed by atoms with Crippen molar-refractivity contribution in [1.82, 2.24) is 0 Å². The van der Waals surface area contributed by atoms with Gasteiger partial charge in [0.1, 0.15) is 0 Å². The number of para-hydroxylation sites is 1. The number of ether oxygens (including phenoxy) is 1. The highest BCUT2D eigenvalue weighted by Gasteiger charge is 2.25. The Hall–Kier alpha value is -1.14. The number of primary sulfonamides is 1. The second-order valence-electron chi connectivity index (χ2n) is 4.69. The molecule has 0 aromatic heterocycles. The van der Waals surface area contributed by atoms with E-state index in [0.29, 0.717) is 0 Å². The van der Waals surface area contributed by atoms with Gasteiger partial charge in [-0.25, -0.2) is 17.9 Å². The van der Waals surface area contributed by atoms with Gasteiger partial charge in [0.05, 0.1) is 12.4 Å². The molecule has 0 radical (unpaired) electrons. The molecule has 6 heteroatoms. The van der Waals surface area contributed by atoms with E-state index in [2.05, 4.69) is 0 Å². The van der Waals surface area contributed by atoms with Crippen molar-refractivity contribution in [1.29, 1.82) is 0 Å². The molecule has 0 heterocycles. The van der Waals surface area contributed by atoms with Gasteiger partial charge in [0, 0.05) is 5.41 Å². The maximum atomic E-state index is 13.2. The Balaban J connectivity index is 2.65. The molecule has 0 aliphatic heterocycles. The summed E-state index contributed by atoms with van der Waals surface area (Å²) in [6, 6.07) is 5.97. The van der Waals surface area contributed by atoms with E-state index < -0.39 is 21.3 Å². The molecule has 96 valence electrons.